The van der Waals surface area contributed by atoms with Gasteiger partial charge in [0.15, 0.2) is 4.77 Å². The summed E-state index contributed by atoms with van der Waals surface area (Å²) in [6, 6.07) is 11.8. The number of fused-ring (bicyclic) bond motifs is 1. The van der Waals surface area contributed by atoms with Crippen LogP contribution in [0, 0.1) is 10.6 Å². The molecule has 18 heavy (non-hydrogen) atoms. The van der Waals surface area contributed by atoms with Gasteiger partial charge < -0.3 is 4.98 Å². The Bertz CT molecular complexity index is 791. The van der Waals surface area contributed by atoms with Crippen molar-refractivity contribution in [3.05, 3.63) is 58.1 Å². The molecular formula is C13H8ClFN2S. The number of hydrogen-bond donors (Lipinski definition) is 1. The molecule has 0 aliphatic carbocycles. The van der Waals surface area contributed by atoms with E-state index in [9.17, 15) is 4.39 Å². The molecule has 0 spiro atoms. The number of imidazole rings is 1. The average molecular weight is 279 g/mol. The van der Waals surface area contributed by atoms with E-state index in [1.165, 1.54) is 12.1 Å². The quantitative estimate of drug-likeness (QED) is 0.651. The number of halogens is 2. The maximum Gasteiger partial charge on any atom is 0.182 e. The smallest absolute Gasteiger partial charge is 0.182 e. The van der Waals surface area contributed by atoms with Crippen molar-refractivity contribution in [2.45, 2.75) is 0 Å². The van der Waals surface area contributed by atoms with Gasteiger partial charge in [0.05, 0.1) is 21.7 Å². The molecule has 5 heteroatoms. The first-order valence-corrected chi connectivity index (χ1v) is 6.10. The van der Waals surface area contributed by atoms with Crippen LogP contribution in [0.15, 0.2) is 42.5 Å². The van der Waals surface area contributed by atoms with E-state index in [0.29, 0.717) is 15.5 Å². The minimum Gasteiger partial charge on any atom is -0.329 e. The minimum atomic E-state index is -0.300. The molecule has 0 saturated heterocycles. The molecule has 0 unspecified atom stereocenters. The molecule has 0 amide bonds. The van der Waals surface area contributed by atoms with Crippen LogP contribution in [-0.2, 0) is 0 Å². The van der Waals surface area contributed by atoms with Gasteiger partial charge in [-0.15, -0.1) is 0 Å². The number of nitrogens with zero attached hydrogens (tertiary/aromatic N) is 1. The van der Waals surface area contributed by atoms with Crippen molar-refractivity contribution in [1.82, 2.24) is 9.55 Å². The summed E-state index contributed by atoms with van der Waals surface area (Å²) >= 11 is 11.4. The predicted molar refractivity (Wildman–Crippen MR) is 73.4 cm³/mol. The van der Waals surface area contributed by atoms with E-state index >= 15 is 0 Å². The fraction of sp³-hybridized carbons (Fsp3) is 0. The number of aromatic nitrogens is 2. The van der Waals surface area contributed by atoms with Crippen LogP contribution in [0.1, 0.15) is 0 Å². The van der Waals surface area contributed by atoms with E-state index in [1.54, 1.807) is 22.8 Å². The van der Waals surface area contributed by atoms with Crippen LogP contribution < -0.4 is 0 Å². The zero-order chi connectivity index (χ0) is 12.7. The molecule has 0 radical (unpaired) electrons. The SMILES string of the molecule is Fc1cccc(-n2c(=S)[nH]c3c(Cl)cccc32)c1. The third kappa shape index (κ3) is 1.74. The van der Waals surface area contributed by atoms with Gasteiger partial charge in [0.25, 0.3) is 0 Å². The lowest BCUT2D eigenvalue weighted by atomic mass is 10.2. The molecule has 0 aliphatic rings. The molecule has 0 saturated carbocycles. The summed E-state index contributed by atoms with van der Waals surface area (Å²) in [5.74, 6) is -0.300. The summed E-state index contributed by atoms with van der Waals surface area (Å²) in [7, 11) is 0. The van der Waals surface area contributed by atoms with Gasteiger partial charge in [0.2, 0.25) is 0 Å². The number of rotatable bonds is 1. The summed E-state index contributed by atoms with van der Waals surface area (Å²) in [6.07, 6.45) is 0. The van der Waals surface area contributed by atoms with Gasteiger partial charge in [-0.05, 0) is 42.5 Å². The van der Waals surface area contributed by atoms with Crippen molar-refractivity contribution >= 4 is 34.9 Å². The number of nitrogens with one attached hydrogen (secondary N) is 1. The molecule has 0 fully saturated rings. The molecule has 3 rings (SSSR count). The molecule has 1 aromatic heterocycles. The highest BCUT2D eigenvalue weighted by molar-refractivity contribution is 7.71. The number of para-hydroxylation sites is 1. The van der Waals surface area contributed by atoms with E-state index < -0.39 is 0 Å². The Morgan fingerprint density at radius 1 is 1.17 bits per heavy atom. The molecular weight excluding hydrogens is 271 g/mol. The number of hydrogen-bond acceptors (Lipinski definition) is 1. The van der Waals surface area contributed by atoms with E-state index in [2.05, 4.69) is 4.98 Å². The maximum absolute atomic E-state index is 13.3. The zero-order valence-corrected chi connectivity index (χ0v) is 10.7. The first-order chi connectivity index (χ1) is 8.66. The summed E-state index contributed by atoms with van der Waals surface area (Å²) in [4.78, 5) is 3.04. The Morgan fingerprint density at radius 3 is 2.72 bits per heavy atom. The molecule has 1 N–H and O–H groups in total. The molecule has 2 nitrogen and oxygen atoms in total. The minimum absolute atomic E-state index is 0.300. The molecule has 3 aromatic rings. The second-order valence-electron chi connectivity index (χ2n) is 3.88. The lowest BCUT2D eigenvalue weighted by Gasteiger charge is -2.04. The van der Waals surface area contributed by atoms with Gasteiger partial charge in [0, 0.05) is 0 Å². The topological polar surface area (TPSA) is 20.7 Å². The highest BCUT2D eigenvalue weighted by Crippen LogP contribution is 2.25. The van der Waals surface area contributed by atoms with Crippen molar-refractivity contribution in [3.8, 4) is 5.69 Å². The normalized spacial score (nSPS) is 11.0. The van der Waals surface area contributed by atoms with Gasteiger partial charge in [-0.2, -0.15) is 0 Å². The lowest BCUT2D eigenvalue weighted by molar-refractivity contribution is 0.626. The van der Waals surface area contributed by atoms with Gasteiger partial charge in [-0.25, -0.2) is 4.39 Å². The summed E-state index contributed by atoms with van der Waals surface area (Å²) in [5, 5.41) is 0.591. The van der Waals surface area contributed by atoms with Gasteiger partial charge in [-0.3, -0.25) is 4.57 Å². The number of benzene rings is 2. The molecule has 1 heterocycles. The van der Waals surface area contributed by atoms with Crippen LogP contribution in [0.5, 0.6) is 0 Å². The summed E-state index contributed by atoms with van der Waals surface area (Å²) < 4.78 is 15.5. The highest BCUT2D eigenvalue weighted by atomic mass is 35.5. The molecule has 0 aliphatic heterocycles. The fourth-order valence-electron chi connectivity index (χ4n) is 1.97. The summed E-state index contributed by atoms with van der Waals surface area (Å²) in [5.41, 5.74) is 2.26. The van der Waals surface area contributed by atoms with E-state index in [4.69, 9.17) is 23.8 Å². The Balaban J connectivity index is 2.39. The number of H-pyrrole nitrogens is 1. The Labute approximate surface area is 113 Å². The standard InChI is InChI=1S/C13H8ClFN2S/c14-10-5-2-6-11-12(10)16-13(18)17(11)9-4-1-3-8(15)7-9/h1-7H,(H,16,18). The lowest BCUT2D eigenvalue weighted by Crippen LogP contribution is -1.94. The monoisotopic (exact) mass is 278 g/mol. The molecule has 90 valence electrons. The Kier molecular flexibility index (Phi) is 2.69. The van der Waals surface area contributed by atoms with Gasteiger partial charge >= 0.3 is 0 Å². The summed E-state index contributed by atoms with van der Waals surface area (Å²) in [6.45, 7) is 0. The van der Waals surface area contributed by atoms with Crippen molar-refractivity contribution in [2.75, 3.05) is 0 Å². The van der Waals surface area contributed by atoms with Gasteiger partial charge in [0.1, 0.15) is 5.82 Å². The highest BCUT2D eigenvalue weighted by Gasteiger charge is 2.09. The van der Waals surface area contributed by atoms with E-state index in [0.717, 1.165) is 11.0 Å². The third-order valence-corrected chi connectivity index (χ3v) is 3.33. The zero-order valence-electron chi connectivity index (χ0n) is 9.15. The van der Waals surface area contributed by atoms with Crippen LogP contribution in [0.4, 0.5) is 4.39 Å². The Morgan fingerprint density at radius 2 is 1.94 bits per heavy atom. The van der Waals surface area contributed by atoms with Crippen molar-refractivity contribution in [2.24, 2.45) is 0 Å². The fourth-order valence-corrected chi connectivity index (χ4v) is 2.49. The predicted octanol–water partition coefficient (Wildman–Crippen LogP) is 4.48. The largest absolute Gasteiger partial charge is 0.329 e. The number of aromatic amines is 1. The average Bonchev–Trinajstić information content (AvgIpc) is 2.67. The first-order valence-electron chi connectivity index (χ1n) is 5.32. The maximum atomic E-state index is 13.3. The van der Waals surface area contributed by atoms with Crippen molar-refractivity contribution in [1.29, 1.82) is 0 Å². The van der Waals surface area contributed by atoms with Crippen LogP contribution >= 0.6 is 23.8 Å². The second kappa shape index (κ2) is 4.23. The van der Waals surface area contributed by atoms with Crippen LogP contribution in [0.3, 0.4) is 0 Å². The van der Waals surface area contributed by atoms with Gasteiger partial charge in [-0.1, -0.05) is 23.7 Å². The molecule has 0 bridgehead atoms. The second-order valence-corrected chi connectivity index (χ2v) is 4.67. The van der Waals surface area contributed by atoms with Crippen molar-refractivity contribution < 1.29 is 4.39 Å². The van der Waals surface area contributed by atoms with E-state index in [-0.39, 0.29) is 5.82 Å². The van der Waals surface area contributed by atoms with E-state index in [1.807, 2.05) is 12.1 Å². The van der Waals surface area contributed by atoms with Crippen molar-refractivity contribution in [3.63, 3.8) is 0 Å². The molecule has 2 aromatic carbocycles. The van der Waals surface area contributed by atoms with Crippen LogP contribution in [0.25, 0.3) is 16.7 Å². The third-order valence-electron chi connectivity index (χ3n) is 2.73. The van der Waals surface area contributed by atoms with Crippen LogP contribution in [0.2, 0.25) is 5.02 Å². The first kappa shape index (κ1) is 11.4. The molecule has 0 atom stereocenters. The Hall–Kier alpha value is -1.65. The van der Waals surface area contributed by atoms with Crippen LogP contribution in [-0.4, -0.2) is 9.55 Å².